The van der Waals surface area contributed by atoms with Gasteiger partial charge in [-0.15, -0.1) is 0 Å². The molecule has 1 aliphatic heterocycles. The molecule has 1 saturated heterocycles. The van der Waals surface area contributed by atoms with E-state index in [1.165, 1.54) is 5.56 Å². The molecule has 2 heterocycles. The van der Waals surface area contributed by atoms with Crippen LogP contribution in [0.3, 0.4) is 0 Å². The minimum Gasteiger partial charge on any atom is -0.385 e. The van der Waals surface area contributed by atoms with Crippen LogP contribution in [0.2, 0.25) is 0 Å². The van der Waals surface area contributed by atoms with E-state index in [1.807, 2.05) is 29.3 Å². The molecule has 1 aliphatic rings. The van der Waals surface area contributed by atoms with Gasteiger partial charge in [0.15, 0.2) is 0 Å². The SMILES string of the molecule is COCCCOC1CN(C(=O)c2cccn2[C@@H](C)Cc2ccccc2)C1. The van der Waals surface area contributed by atoms with Gasteiger partial charge >= 0.3 is 0 Å². The molecular weight excluding hydrogens is 328 g/mol. The molecule has 0 radical (unpaired) electrons. The Hall–Kier alpha value is -2.11. The van der Waals surface area contributed by atoms with E-state index in [2.05, 4.69) is 35.8 Å². The molecule has 26 heavy (non-hydrogen) atoms. The second-order valence-electron chi connectivity index (χ2n) is 6.89. The van der Waals surface area contributed by atoms with Gasteiger partial charge in [0.2, 0.25) is 0 Å². The lowest BCUT2D eigenvalue weighted by atomic mass is 10.1. The normalized spacial score (nSPS) is 15.7. The lowest BCUT2D eigenvalue weighted by Crippen LogP contribution is -2.55. The zero-order chi connectivity index (χ0) is 18.4. The van der Waals surface area contributed by atoms with Gasteiger partial charge in [0.05, 0.1) is 6.10 Å². The van der Waals surface area contributed by atoms with E-state index < -0.39 is 0 Å². The van der Waals surface area contributed by atoms with Crippen LogP contribution in [0.1, 0.15) is 35.4 Å². The summed E-state index contributed by atoms with van der Waals surface area (Å²) in [6.07, 6.45) is 3.95. The summed E-state index contributed by atoms with van der Waals surface area (Å²) in [6.45, 7) is 4.89. The number of amides is 1. The van der Waals surface area contributed by atoms with Crippen LogP contribution in [-0.2, 0) is 15.9 Å². The number of benzene rings is 1. The molecule has 1 fully saturated rings. The Bertz CT molecular complexity index is 692. The predicted molar refractivity (Wildman–Crippen MR) is 101 cm³/mol. The van der Waals surface area contributed by atoms with Crippen molar-refractivity contribution < 1.29 is 14.3 Å². The molecule has 1 aromatic heterocycles. The quantitative estimate of drug-likeness (QED) is 0.648. The first-order valence-electron chi connectivity index (χ1n) is 9.29. The van der Waals surface area contributed by atoms with E-state index >= 15 is 0 Å². The molecule has 0 aliphatic carbocycles. The highest BCUT2D eigenvalue weighted by atomic mass is 16.5. The predicted octanol–water partition coefficient (Wildman–Crippen LogP) is 3.17. The number of ether oxygens (including phenoxy) is 2. The van der Waals surface area contributed by atoms with Crippen LogP contribution in [0.5, 0.6) is 0 Å². The maximum Gasteiger partial charge on any atom is 0.270 e. The van der Waals surface area contributed by atoms with Gasteiger partial charge in [-0.3, -0.25) is 4.79 Å². The second-order valence-corrected chi connectivity index (χ2v) is 6.89. The van der Waals surface area contributed by atoms with Gasteiger partial charge in [-0.2, -0.15) is 0 Å². The largest absolute Gasteiger partial charge is 0.385 e. The standard InChI is InChI=1S/C21H28N2O3/c1-17(14-18-8-4-3-5-9-18)23-11-6-10-20(23)21(24)22-15-19(16-22)26-13-7-12-25-2/h3-6,8-11,17,19H,7,12-16H2,1-2H3/t17-/m0/s1. The molecule has 1 amide bonds. The first-order chi connectivity index (χ1) is 12.7. The highest BCUT2D eigenvalue weighted by Gasteiger charge is 2.33. The van der Waals surface area contributed by atoms with Crippen molar-refractivity contribution in [3.8, 4) is 0 Å². The lowest BCUT2D eigenvalue weighted by molar-refractivity contribution is -0.0468. The Morgan fingerprint density at radius 1 is 1.15 bits per heavy atom. The van der Waals surface area contributed by atoms with E-state index in [0.717, 1.165) is 18.5 Å². The zero-order valence-electron chi connectivity index (χ0n) is 15.6. The van der Waals surface area contributed by atoms with Crippen molar-refractivity contribution >= 4 is 5.91 Å². The third-order valence-corrected chi connectivity index (χ3v) is 4.83. The molecule has 0 unspecified atom stereocenters. The summed E-state index contributed by atoms with van der Waals surface area (Å²) in [5.41, 5.74) is 2.03. The van der Waals surface area contributed by atoms with Gasteiger partial charge in [0, 0.05) is 45.7 Å². The summed E-state index contributed by atoms with van der Waals surface area (Å²) in [4.78, 5) is 14.7. The van der Waals surface area contributed by atoms with Gasteiger partial charge in [-0.1, -0.05) is 30.3 Å². The first kappa shape index (κ1) is 18.7. The molecule has 3 rings (SSSR count). The number of methoxy groups -OCH3 is 1. The maximum absolute atomic E-state index is 12.8. The Balaban J connectivity index is 1.53. The van der Waals surface area contributed by atoms with Crippen LogP contribution in [0.4, 0.5) is 0 Å². The lowest BCUT2D eigenvalue weighted by Gasteiger charge is -2.39. The summed E-state index contributed by atoms with van der Waals surface area (Å²) in [5.74, 6) is 0.0895. The number of hydrogen-bond donors (Lipinski definition) is 0. The van der Waals surface area contributed by atoms with E-state index in [-0.39, 0.29) is 18.1 Å². The van der Waals surface area contributed by atoms with Crippen LogP contribution in [-0.4, -0.2) is 54.9 Å². The fourth-order valence-electron chi connectivity index (χ4n) is 3.34. The van der Waals surface area contributed by atoms with Crippen molar-refractivity contribution in [2.45, 2.75) is 31.9 Å². The van der Waals surface area contributed by atoms with Crippen LogP contribution in [0.15, 0.2) is 48.7 Å². The van der Waals surface area contributed by atoms with E-state index in [9.17, 15) is 4.79 Å². The topological polar surface area (TPSA) is 43.7 Å². The van der Waals surface area contributed by atoms with Crippen LogP contribution in [0, 0.1) is 0 Å². The third kappa shape index (κ3) is 4.54. The van der Waals surface area contributed by atoms with E-state index in [1.54, 1.807) is 7.11 Å². The molecule has 0 saturated carbocycles. The molecule has 1 aromatic carbocycles. The highest BCUT2D eigenvalue weighted by Crippen LogP contribution is 2.21. The number of nitrogens with zero attached hydrogens (tertiary/aromatic N) is 2. The smallest absolute Gasteiger partial charge is 0.270 e. The Morgan fingerprint density at radius 2 is 1.92 bits per heavy atom. The zero-order valence-corrected chi connectivity index (χ0v) is 15.6. The van der Waals surface area contributed by atoms with Crippen molar-refractivity contribution in [3.05, 3.63) is 59.9 Å². The monoisotopic (exact) mass is 356 g/mol. The van der Waals surface area contributed by atoms with E-state index in [0.29, 0.717) is 26.3 Å². The maximum atomic E-state index is 12.8. The van der Waals surface area contributed by atoms with Crippen molar-refractivity contribution in [1.82, 2.24) is 9.47 Å². The summed E-state index contributed by atoms with van der Waals surface area (Å²) < 4.78 is 12.9. The molecule has 0 N–H and O–H groups in total. The molecule has 140 valence electrons. The van der Waals surface area contributed by atoms with Crippen molar-refractivity contribution in [1.29, 1.82) is 0 Å². The van der Waals surface area contributed by atoms with Crippen molar-refractivity contribution in [3.63, 3.8) is 0 Å². The Morgan fingerprint density at radius 3 is 2.65 bits per heavy atom. The fourth-order valence-corrected chi connectivity index (χ4v) is 3.34. The molecular formula is C21H28N2O3. The number of hydrogen-bond acceptors (Lipinski definition) is 3. The third-order valence-electron chi connectivity index (χ3n) is 4.83. The molecule has 5 nitrogen and oxygen atoms in total. The molecule has 2 aromatic rings. The average Bonchev–Trinajstić information content (AvgIpc) is 3.10. The minimum absolute atomic E-state index is 0.0895. The summed E-state index contributed by atoms with van der Waals surface area (Å²) in [7, 11) is 1.69. The molecule has 0 spiro atoms. The Labute approximate surface area is 155 Å². The van der Waals surface area contributed by atoms with E-state index in [4.69, 9.17) is 9.47 Å². The minimum atomic E-state index is 0.0895. The van der Waals surface area contributed by atoms with Crippen molar-refractivity contribution in [2.24, 2.45) is 0 Å². The molecule has 0 bridgehead atoms. The fraction of sp³-hybridized carbons (Fsp3) is 0.476. The second kappa shape index (κ2) is 9.01. The van der Waals surface area contributed by atoms with Gasteiger partial charge in [0.25, 0.3) is 5.91 Å². The van der Waals surface area contributed by atoms with Crippen LogP contribution >= 0.6 is 0 Å². The van der Waals surface area contributed by atoms with Gasteiger partial charge in [0.1, 0.15) is 5.69 Å². The van der Waals surface area contributed by atoms with Gasteiger partial charge in [-0.25, -0.2) is 0 Å². The number of rotatable bonds is 9. The molecule has 5 heteroatoms. The van der Waals surface area contributed by atoms with Gasteiger partial charge < -0.3 is 18.9 Å². The van der Waals surface area contributed by atoms with Gasteiger partial charge in [-0.05, 0) is 37.5 Å². The number of carbonyl (C=O) groups excluding carboxylic acids is 1. The number of likely N-dealkylation sites (tertiary alicyclic amines) is 1. The summed E-state index contributed by atoms with van der Waals surface area (Å²) in [6, 6.07) is 14.5. The Kier molecular flexibility index (Phi) is 6.47. The first-order valence-corrected chi connectivity index (χ1v) is 9.29. The highest BCUT2D eigenvalue weighted by molar-refractivity contribution is 5.93. The summed E-state index contributed by atoms with van der Waals surface area (Å²) >= 11 is 0. The molecule has 1 atom stereocenters. The summed E-state index contributed by atoms with van der Waals surface area (Å²) in [5, 5.41) is 0. The van der Waals surface area contributed by atoms with Crippen molar-refractivity contribution in [2.75, 3.05) is 33.4 Å². The van der Waals surface area contributed by atoms with Crippen LogP contribution < -0.4 is 0 Å². The number of aromatic nitrogens is 1. The number of carbonyl (C=O) groups is 1. The average molecular weight is 356 g/mol. The van der Waals surface area contributed by atoms with Crippen LogP contribution in [0.25, 0.3) is 0 Å².